The molecule has 0 spiro atoms. The Bertz CT molecular complexity index is 1510. The van der Waals surface area contributed by atoms with Crippen molar-refractivity contribution in [1.82, 2.24) is 14.5 Å². The first-order valence-corrected chi connectivity index (χ1v) is 14.0. The smallest absolute Gasteiger partial charge is 0.255 e. The van der Waals surface area contributed by atoms with Crippen LogP contribution in [0.15, 0.2) is 128 Å². The summed E-state index contributed by atoms with van der Waals surface area (Å²) in [5, 5.41) is 11.5. The van der Waals surface area contributed by atoms with E-state index in [2.05, 4.69) is 41.4 Å². The molecule has 1 fully saturated rings. The second-order valence-electron chi connectivity index (χ2n) is 10.4. The quantitative estimate of drug-likeness (QED) is 0.252. The van der Waals surface area contributed by atoms with Crippen molar-refractivity contribution in [1.29, 1.82) is 0 Å². The molecule has 1 aromatic heterocycles. The van der Waals surface area contributed by atoms with Crippen molar-refractivity contribution in [2.45, 2.75) is 24.3 Å². The predicted octanol–water partition coefficient (Wildman–Crippen LogP) is 5.19. The number of rotatable bonds is 9. The molecule has 42 heavy (non-hydrogen) atoms. The minimum atomic E-state index is -1.24. The Balaban J connectivity index is 1.35. The van der Waals surface area contributed by atoms with E-state index in [9.17, 15) is 9.90 Å². The molecule has 0 radical (unpaired) electrons. The van der Waals surface area contributed by atoms with Crippen LogP contribution in [-0.4, -0.2) is 51.8 Å². The molecule has 1 aliphatic rings. The minimum absolute atomic E-state index is 0.264. The zero-order valence-corrected chi connectivity index (χ0v) is 23.4. The Hall–Kier alpha value is -4.72. The number of amides is 1. The van der Waals surface area contributed by atoms with Gasteiger partial charge in [0.05, 0.1) is 25.7 Å². The molecule has 1 N–H and O–H groups in total. The van der Waals surface area contributed by atoms with Gasteiger partial charge in [-0.25, -0.2) is 4.98 Å². The van der Waals surface area contributed by atoms with Crippen molar-refractivity contribution < 1.29 is 19.4 Å². The zero-order valence-electron chi connectivity index (χ0n) is 23.4. The summed E-state index contributed by atoms with van der Waals surface area (Å²) >= 11 is 0. The Morgan fingerprint density at radius 2 is 1.43 bits per heavy atom. The largest absolute Gasteiger partial charge is 0.497 e. The van der Waals surface area contributed by atoms with E-state index < -0.39 is 17.7 Å². The van der Waals surface area contributed by atoms with Crippen LogP contribution in [0.1, 0.15) is 34.1 Å². The Morgan fingerprint density at radius 3 is 1.95 bits per heavy atom. The molecule has 1 aliphatic heterocycles. The summed E-state index contributed by atoms with van der Waals surface area (Å²) < 4.78 is 13.1. The lowest BCUT2D eigenvalue weighted by Crippen LogP contribution is -2.49. The summed E-state index contributed by atoms with van der Waals surface area (Å²) in [6.45, 7) is 1.19. The van der Waals surface area contributed by atoms with Gasteiger partial charge in [-0.1, -0.05) is 103 Å². The van der Waals surface area contributed by atoms with Gasteiger partial charge in [0.1, 0.15) is 17.4 Å². The first kappa shape index (κ1) is 27.4. The van der Waals surface area contributed by atoms with Crippen LogP contribution in [-0.2, 0) is 21.6 Å². The Morgan fingerprint density at radius 1 is 0.881 bits per heavy atom. The molecule has 212 valence electrons. The van der Waals surface area contributed by atoms with Crippen molar-refractivity contribution in [2.24, 2.45) is 0 Å². The lowest BCUT2D eigenvalue weighted by Gasteiger charge is -2.37. The molecule has 1 amide bonds. The molecule has 7 nitrogen and oxygen atoms in total. The Labute approximate surface area is 245 Å². The van der Waals surface area contributed by atoms with Crippen LogP contribution in [0.3, 0.4) is 0 Å². The van der Waals surface area contributed by atoms with E-state index in [-0.39, 0.29) is 5.91 Å². The first-order chi connectivity index (χ1) is 20.6. The third kappa shape index (κ3) is 5.09. The van der Waals surface area contributed by atoms with Crippen molar-refractivity contribution >= 4 is 5.91 Å². The highest BCUT2D eigenvalue weighted by atomic mass is 16.5. The molecule has 2 unspecified atom stereocenters. The minimum Gasteiger partial charge on any atom is -0.497 e. The second-order valence-corrected chi connectivity index (χ2v) is 10.4. The van der Waals surface area contributed by atoms with Crippen LogP contribution in [0.4, 0.5) is 0 Å². The van der Waals surface area contributed by atoms with Crippen LogP contribution in [0.25, 0.3) is 0 Å². The summed E-state index contributed by atoms with van der Waals surface area (Å²) in [5.74, 6) is 0.494. The maximum Gasteiger partial charge on any atom is 0.255 e. The van der Waals surface area contributed by atoms with Crippen LogP contribution in [0, 0.1) is 0 Å². The number of methoxy groups -OCH3 is 1. The van der Waals surface area contributed by atoms with Crippen LogP contribution in [0.5, 0.6) is 5.75 Å². The van der Waals surface area contributed by atoms with E-state index in [1.165, 1.54) is 0 Å². The molecular weight excluding hydrogens is 526 g/mol. The van der Waals surface area contributed by atoms with E-state index in [0.717, 1.165) is 28.0 Å². The number of hydrogen-bond acceptors (Lipinski definition) is 5. The lowest BCUT2D eigenvalue weighted by atomic mass is 9.77. The van der Waals surface area contributed by atoms with Crippen molar-refractivity contribution in [3.63, 3.8) is 0 Å². The molecular formula is C35H33N3O4. The number of hydrogen-bond donors (Lipinski definition) is 1. The van der Waals surface area contributed by atoms with Crippen LogP contribution in [0.2, 0.25) is 0 Å². The summed E-state index contributed by atoms with van der Waals surface area (Å²) in [7, 11) is 1.62. The predicted molar refractivity (Wildman–Crippen MR) is 160 cm³/mol. The molecule has 0 saturated carbocycles. The van der Waals surface area contributed by atoms with Crippen molar-refractivity contribution in [3.05, 3.63) is 156 Å². The monoisotopic (exact) mass is 559 g/mol. The highest BCUT2D eigenvalue weighted by molar-refractivity contribution is 5.82. The fourth-order valence-electron chi connectivity index (χ4n) is 5.80. The maximum absolute atomic E-state index is 13.5. The summed E-state index contributed by atoms with van der Waals surface area (Å²) in [6, 6.07) is 38.3. The molecule has 4 aromatic carbocycles. The topological polar surface area (TPSA) is 76.8 Å². The third-order valence-electron chi connectivity index (χ3n) is 7.90. The Kier molecular flexibility index (Phi) is 7.86. The van der Waals surface area contributed by atoms with Crippen LogP contribution >= 0.6 is 0 Å². The maximum atomic E-state index is 13.5. The standard InChI is InChI=1S/C35H33N3O4/c1-41-30-19-17-26(18-20-30)23-37-21-22-42-33(34(37)40)32(39)31-24-38(25-36-31)35(27-11-5-2-6-12-27,28-13-7-3-8-14-28)29-15-9-4-10-16-29/h2-20,24-25,32-33,39H,21-23H2,1H3. The van der Waals surface area contributed by atoms with Gasteiger partial charge in [-0.3, -0.25) is 4.79 Å². The molecule has 0 aliphatic carbocycles. The van der Waals surface area contributed by atoms with E-state index in [1.54, 1.807) is 18.3 Å². The molecule has 0 bridgehead atoms. The van der Waals surface area contributed by atoms with E-state index in [0.29, 0.717) is 25.4 Å². The number of aromatic nitrogens is 2. The van der Waals surface area contributed by atoms with Gasteiger partial charge in [0.25, 0.3) is 5.91 Å². The fraction of sp³-hybridized carbons (Fsp3) is 0.200. The molecule has 2 atom stereocenters. The SMILES string of the molecule is COc1ccc(CN2CCOC(C(O)c3cn(C(c4ccccc4)(c4ccccc4)c4ccccc4)cn3)C2=O)cc1. The highest BCUT2D eigenvalue weighted by Crippen LogP contribution is 2.41. The fourth-order valence-corrected chi connectivity index (χ4v) is 5.80. The van der Waals surface area contributed by atoms with E-state index >= 15 is 0 Å². The third-order valence-corrected chi connectivity index (χ3v) is 7.90. The number of benzene rings is 4. The number of imidazole rings is 1. The van der Waals surface area contributed by atoms with Gasteiger partial charge in [-0.05, 0) is 34.4 Å². The average Bonchev–Trinajstić information content (AvgIpc) is 3.55. The summed E-state index contributed by atoms with van der Waals surface area (Å²) in [5.41, 5.74) is 3.69. The van der Waals surface area contributed by atoms with E-state index in [4.69, 9.17) is 9.47 Å². The number of morpholine rings is 1. The number of aliphatic hydroxyl groups excluding tert-OH is 1. The number of ether oxygens (including phenoxy) is 2. The normalized spacial score (nSPS) is 16.3. The number of carbonyl (C=O) groups is 1. The average molecular weight is 560 g/mol. The van der Waals surface area contributed by atoms with E-state index in [1.807, 2.05) is 89.6 Å². The summed E-state index contributed by atoms with van der Waals surface area (Å²) in [4.78, 5) is 19.9. The molecule has 7 heteroatoms. The van der Waals surface area contributed by atoms with Gasteiger partial charge in [-0.2, -0.15) is 0 Å². The van der Waals surface area contributed by atoms with Gasteiger partial charge in [-0.15, -0.1) is 0 Å². The summed E-state index contributed by atoms with van der Waals surface area (Å²) in [6.07, 6.45) is 1.27. The van der Waals surface area contributed by atoms with Crippen molar-refractivity contribution in [3.8, 4) is 5.75 Å². The molecule has 1 saturated heterocycles. The molecule has 5 aromatic rings. The van der Waals surface area contributed by atoms with Gasteiger partial charge >= 0.3 is 0 Å². The second kappa shape index (κ2) is 12.0. The molecule has 2 heterocycles. The van der Waals surface area contributed by atoms with Gasteiger partial charge in [0, 0.05) is 19.3 Å². The number of carbonyl (C=O) groups excluding carboxylic acids is 1. The number of nitrogens with zero attached hydrogens (tertiary/aromatic N) is 3. The highest BCUT2D eigenvalue weighted by Gasteiger charge is 2.41. The lowest BCUT2D eigenvalue weighted by molar-refractivity contribution is -0.164. The van der Waals surface area contributed by atoms with Gasteiger partial charge < -0.3 is 24.0 Å². The van der Waals surface area contributed by atoms with Crippen LogP contribution < -0.4 is 4.74 Å². The molecule has 6 rings (SSSR count). The number of aliphatic hydroxyl groups is 1. The van der Waals surface area contributed by atoms with Crippen molar-refractivity contribution in [2.75, 3.05) is 20.3 Å². The zero-order chi connectivity index (χ0) is 28.9. The first-order valence-electron chi connectivity index (χ1n) is 14.0. The van der Waals surface area contributed by atoms with Gasteiger partial charge in [0.2, 0.25) is 0 Å². The van der Waals surface area contributed by atoms with Gasteiger partial charge in [0.15, 0.2) is 6.10 Å².